The Balaban J connectivity index is 1.92. The molecule has 2 saturated heterocycles. The lowest BCUT2D eigenvalue weighted by Gasteiger charge is -2.46. The van der Waals surface area contributed by atoms with Crippen molar-refractivity contribution in [1.82, 2.24) is 20.0 Å². The first-order valence-corrected chi connectivity index (χ1v) is 11.8. The van der Waals surface area contributed by atoms with Gasteiger partial charge >= 0.3 is 18.1 Å². The fourth-order valence-corrected chi connectivity index (χ4v) is 4.31. The van der Waals surface area contributed by atoms with Crippen LogP contribution in [0.1, 0.15) is 40.5 Å². The number of nitrogens with one attached hydrogen (secondary N) is 1. The third-order valence-corrected chi connectivity index (χ3v) is 6.14. The summed E-state index contributed by atoms with van der Waals surface area (Å²) in [6.07, 6.45) is -0.432. The second-order valence-corrected chi connectivity index (χ2v) is 9.39. The lowest BCUT2D eigenvalue weighted by atomic mass is 9.84. The van der Waals surface area contributed by atoms with Gasteiger partial charge in [0.2, 0.25) is 11.8 Å². The van der Waals surface area contributed by atoms with Gasteiger partial charge in [-0.3, -0.25) is 9.59 Å². The van der Waals surface area contributed by atoms with Gasteiger partial charge < -0.3 is 30.7 Å². The second kappa shape index (κ2) is 12.0. The van der Waals surface area contributed by atoms with Crippen LogP contribution in [0.25, 0.3) is 0 Å². The maximum atomic E-state index is 12.9. The summed E-state index contributed by atoms with van der Waals surface area (Å²) in [6.45, 7) is 9.35. The fourth-order valence-electron chi connectivity index (χ4n) is 4.31. The van der Waals surface area contributed by atoms with Gasteiger partial charge in [0.15, 0.2) is 6.04 Å². The van der Waals surface area contributed by atoms with E-state index in [2.05, 4.69) is 5.32 Å². The number of piperazine rings is 1. The molecule has 12 nitrogen and oxygen atoms in total. The van der Waals surface area contributed by atoms with Crippen LogP contribution in [0.4, 0.5) is 9.59 Å². The van der Waals surface area contributed by atoms with Crippen LogP contribution in [-0.2, 0) is 19.1 Å². The van der Waals surface area contributed by atoms with Crippen LogP contribution in [0.2, 0.25) is 0 Å². The summed E-state index contributed by atoms with van der Waals surface area (Å²) in [5, 5.41) is 12.2. The molecular weight excluding hydrogens is 446 g/mol. The van der Waals surface area contributed by atoms with Crippen molar-refractivity contribution in [1.29, 1.82) is 0 Å². The normalized spacial score (nSPS) is 20.6. The van der Waals surface area contributed by atoms with Crippen LogP contribution in [0.5, 0.6) is 0 Å². The number of carboxylic acid groups (broad SMARTS) is 1. The minimum Gasteiger partial charge on any atom is -0.480 e. The number of carboxylic acids is 1. The van der Waals surface area contributed by atoms with Gasteiger partial charge in [-0.15, -0.1) is 0 Å². The maximum absolute atomic E-state index is 12.9. The molecule has 34 heavy (non-hydrogen) atoms. The molecule has 2 aliphatic rings. The van der Waals surface area contributed by atoms with Gasteiger partial charge in [0, 0.05) is 39.1 Å². The Bertz CT molecular complexity index is 772. The first-order chi connectivity index (χ1) is 16.0. The van der Waals surface area contributed by atoms with Crippen LogP contribution in [0.3, 0.4) is 0 Å². The van der Waals surface area contributed by atoms with Gasteiger partial charge in [0.1, 0.15) is 6.10 Å². The molecule has 0 unspecified atom stereocenters. The quantitative estimate of drug-likeness (QED) is 0.312. The van der Waals surface area contributed by atoms with Gasteiger partial charge in [-0.05, 0) is 24.8 Å². The summed E-state index contributed by atoms with van der Waals surface area (Å²) in [4.78, 5) is 65.3. The summed E-state index contributed by atoms with van der Waals surface area (Å²) in [5.41, 5.74) is 5.37. The Labute approximate surface area is 199 Å². The number of carbonyl (C=O) groups excluding carboxylic acids is 4. The molecule has 2 fully saturated rings. The van der Waals surface area contributed by atoms with E-state index in [4.69, 9.17) is 10.5 Å². The van der Waals surface area contributed by atoms with E-state index in [1.54, 1.807) is 0 Å². The monoisotopic (exact) mass is 483 g/mol. The average Bonchev–Trinajstić information content (AvgIpc) is 2.78. The Kier molecular flexibility index (Phi) is 9.66. The minimum absolute atomic E-state index is 0.141. The predicted octanol–water partition coefficient (Wildman–Crippen LogP) is 0.308. The fraction of sp³-hybridized carbons (Fsp3) is 0.773. The minimum atomic E-state index is -1.40. The van der Waals surface area contributed by atoms with Crippen molar-refractivity contribution < 1.29 is 33.8 Å². The third kappa shape index (κ3) is 6.37. The SMILES string of the molecule is CC(C)C(OC(=O)N1CCN(C(=O)N2C(=O)[C@H](CC(=O)NCCCN)[C@H]2C(=O)O)CC1)C(C)C. The number of β-lactam (4-membered cyclic amide) rings is 1. The highest BCUT2D eigenvalue weighted by Crippen LogP contribution is 2.31. The van der Waals surface area contributed by atoms with E-state index in [1.165, 1.54) is 9.80 Å². The lowest BCUT2D eigenvalue weighted by Crippen LogP contribution is -2.70. The Morgan fingerprint density at radius 2 is 1.62 bits per heavy atom. The Morgan fingerprint density at radius 3 is 2.12 bits per heavy atom. The van der Waals surface area contributed by atoms with Crippen molar-refractivity contribution in [2.45, 2.75) is 52.7 Å². The Morgan fingerprint density at radius 1 is 1.06 bits per heavy atom. The van der Waals surface area contributed by atoms with E-state index < -0.39 is 41.9 Å². The number of urea groups is 1. The standard InChI is InChI=1S/C22H37N5O7/c1-13(2)18(14(3)4)34-22(33)26-10-8-25(9-11-26)21(32)27-17(20(30)31)15(19(27)29)12-16(28)24-7-5-6-23/h13-15,17-18H,5-12,23H2,1-4H3,(H,24,28)(H,30,31)/t15-,17+/m1/s1. The maximum Gasteiger partial charge on any atom is 0.410 e. The molecule has 2 heterocycles. The number of nitrogens with zero attached hydrogens (tertiary/aromatic N) is 3. The number of ether oxygens (including phenoxy) is 1. The van der Waals surface area contributed by atoms with Gasteiger partial charge in [-0.2, -0.15) is 0 Å². The largest absolute Gasteiger partial charge is 0.480 e. The van der Waals surface area contributed by atoms with Crippen molar-refractivity contribution in [3.8, 4) is 0 Å². The van der Waals surface area contributed by atoms with Crippen molar-refractivity contribution in [3.05, 3.63) is 0 Å². The van der Waals surface area contributed by atoms with E-state index in [1.807, 2.05) is 27.7 Å². The number of amides is 5. The molecule has 0 saturated carbocycles. The smallest absolute Gasteiger partial charge is 0.410 e. The highest BCUT2D eigenvalue weighted by Gasteiger charge is 2.56. The third-order valence-electron chi connectivity index (χ3n) is 6.14. The van der Waals surface area contributed by atoms with E-state index in [-0.39, 0.29) is 50.5 Å². The molecule has 0 radical (unpaired) electrons. The topological polar surface area (TPSA) is 163 Å². The van der Waals surface area contributed by atoms with Gasteiger partial charge in [-0.1, -0.05) is 27.7 Å². The summed E-state index contributed by atoms with van der Waals surface area (Å²) >= 11 is 0. The van der Waals surface area contributed by atoms with Gasteiger partial charge in [-0.25, -0.2) is 19.3 Å². The number of aliphatic carboxylic acids is 1. The second-order valence-electron chi connectivity index (χ2n) is 9.39. The number of likely N-dealkylation sites (tertiary alicyclic amines) is 1. The zero-order valence-electron chi connectivity index (χ0n) is 20.4. The molecule has 0 aliphatic carbocycles. The first-order valence-electron chi connectivity index (χ1n) is 11.8. The van der Waals surface area contributed by atoms with Crippen LogP contribution < -0.4 is 11.1 Å². The number of hydrogen-bond acceptors (Lipinski definition) is 7. The summed E-state index contributed by atoms with van der Waals surface area (Å²) in [5.74, 6) is -3.27. The molecule has 2 atom stereocenters. The van der Waals surface area contributed by atoms with Crippen molar-refractivity contribution in [3.63, 3.8) is 0 Å². The summed E-state index contributed by atoms with van der Waals surface area (Å²) < 4.78 is 5.64. The number of hydrogen-bond donors (Lipinski definition) is 3. The number of imide groups is 1. The molecule has 0 spiro atoms. The highest BCUT2D eigenvalue weighted by molar-refractivity contribution is 6.08. The molecule has 0 aromatic heterocycles. The van der Waals surface area contributed by atoms with Crippen LogP contribution in [0.15, 0.2) is 0 Å². The van der Waals surface area contributed by atoms with Crippen LogP contribution in [0, 0.1) is 17.8 Å². The molecule has 0 bridgehead atoms. The first kappa shape index (κ1) is 27.4. The Hall–Kier alpha value is -2.89. The van der Waals surface area contributed by atoms with Gasteiger partial charge in [0.05, 0.1) is 5.92 Å². The predicted molar refractivity (Wildman–Crippen MR) is 122 cm³/mol. The van der Waals surface area contributed by atoms with Crippen molar-refractivity contribution in [2.75, 3.05) is 39.3 Å². The zero-order chi connectivity index (χ0) is 25.6. The molecule has 0 aromatic rings. The molecule has 2 rings (SSSR count). The molecular formula is C22H37N5O7. The summed E-state index contributed by atoms with van der Waals surface area (Å²) in [7, 11) is 0. The van der Waals surface area contributed by atoms with Crippen molar-refractivity contribution >= 4 is 29.9 Å². The van der Waals surface area contributed by atoms with Gasteiger partial charge in [0.25, 0.3) is 0 Å². The molecule has 192 valence electrons. The van der Waals surface area contributed by atoms with E-state index in [0.717, 1.165) is 0 Å². The molecule has 12 heteroatoms. The average molecular weight is 484 g/mol. The van der Waals surface area contributed by atoms with E-state index in [0.29, 0.717) is 24.4 Å². The molecule has 5 amide bonds. The highest BCUT2D eigenvalue weighted by atomic mass is 16.6. The lowest BCUT2D eigenvalue weighted by molar-refractivity contribution is -0.167. The zero-order valence-corrected chi connectivity index (χ0v) is 20.4. The molecule has 4 N–H and O–H groups in total. The molecule has 0 aromatic carbocycles. The number of nitrogens with two attached hydrogens (primary N) is 1. The van der Waals surface area contributed by atoms with Crippen molar-refractivity contribution in [2.24, 2.45) is 23.5 Å². The van der Waals surface area contributed by atoms with Crippen LogP contribution in [-0.4, -0.2) is 101 Å². The number of rotatable bonds is 9. The van der Waals surface area contributed by atoms with Crippen LogP contribution >= 0.6 is 0 Å². The molecule has 2 aliphatic heterocycles. The summed E-state index contributed by atoms with van der Waals surface area (Å²) in [6, 6.07) is -2.13. The number of carbonyl (C=O) groups is 5. The van der Waals surface area contributed by atoms with E-state index in [9.17, 15) is 29.1 Å². The van der Waals surface area contributed by atoms with E-state index >= 15 is 0 Å².